The number of nitrogens with one attached hydrogen (secondary N) is 2. The van der Waals surface area contributed by atoms with Gasteiger partial charge in [0.15, 0.2) is 11.5 Å². The second-order valence-electron chi connectivity index (χ2n) is 4.28. The van der Waals surface area contributed by atoms with Gasteiger partial charge in [0.2, 0.25) is 5.91 Å². The lowest BCUT2D eigenvalue weighted by Crippen LogP contribution is -2.29. The van der Waals surface area contributed by atoms with Crippen molar-refractivity contribution in [1.29, 1.82) is 0 Å². The molecule has 0 spiro atoms. The van der Waals surface area contributed by atoms with E-state index < -0.39 is 0 Å². The Hall–Kier alpha value is -1.46. The highest BCUT2D eigenvalue weighted by Crippen LogP contribution is 2.37. The average Bonchev–Trinajstić information content (AvgIpc) is 2.39. The molecule has 5 nitrogen and oxygen atoms in total. The minimum Gasteiger partial charge on any atom is -0.486 e. The quantitative estimate of drug-likeness (QED) is 0.884. The average molecular weight is 287 g/mol. The van der Waals surface area contributed by atoms with Gasteiger partial charge in [0.05, 0.1) is 5.69 Å². The zero-order valence-corrected chi connectivity index (χ0v) is 11.9. The number of halogens is 1. The predicted octanol–water partition coefficient (Wildman–Crippen LogP) is 1.67. The van der Waals surface area contributed by atoms with Crippen LogP contribution in [0.1, 0.15) is 6.92 Å². The van der Waals surface area contributed by atoms with Crippen LogP contribution < -0.4 is 20.1 Å². The van der Waals surface area contributed by atoms with Gasteiger partial charge in [0.1, 0.15) is 13.2 Å². The predicted molar refractivity (Wildman–Crippen MR) is 76.4 cm³/mol. The molecule has 0 saturated carbocycles. The van der Waals surface area contributed by atoms with Crippen LogP contribution in [0.5, 0.6) is 11.5 Å². The number of carbonyl (C=O) groups excluding carboxylic acids is 1. The van der Waals surface area contributed by atoms with Gasteiger partial charge in [-0.05, 0) is 19.2 Å². The number of carbonyl (C=O) groups is 1. The van der Waals surface area contributed by atoms with Crippen LogP contribution in [-0.2, 0) is 4.79 Å². The molecule has 0 aromatic heterocycles. The minimum atomic E-state index is -0.102. The number of ether oxygens (including phenoxy) is 2. The molecule has 19 heavy (non-hydrogen) atoms. The molecular formula is C13H19ClN2O3. The lowest BCUT2D eigenvalue weighted by molar-refractivity contribution is -0.119. The molecular weight excluding hydrogens is 268 g/mol. The number of anilines is 1. The molecule has 2 rings (SSSR count). The first-order valence-corrected chi connectivity index (χ1v) is 6.06. The molecule has 6 heteroatoms. The lowest BCUT2D eigenvalue weighted by atomic mass is 10.1. The van der Waals surface area contributed by atoms with Gasteiger partial charge in [-0.1, -0.05) is 13.0 Å². The van der Waals surface area contributed by atoms with E-state index in [-0.39, 0.29) is 24.2 Å². The summed E-state index contributed by atoms with van der Waals surface area (Å²) in [5.74, 6) is 1.16. The molecule has 2 N–H and O–H groups in total. The van der Waals surface area contributed by atoms with Gasteiger partial charge in [0.25, 0.3) is 0 Å². The molecule has 1 aromatic carbocycles. The van der Waals surface area contributed by atoms with Crippen molar-refractivity contribution >= 4 is 24.0 Å². The van der Waals surface area contributed by atoms with Gasteiger partial charge >= 0.3 is 0 Å². The minimum absolute atomic E-state index is 0. The van der Waals surface area contributed by atoms with Crippen LogP contribution in [-0.4, -0.2) is 32.7 Å². The van der Waals surface area contributed by atoms with Crippen molar-refractivity contribution in [2.75, 3.05) is 32.1 Å². The molecule has 0 fully saturated rings. The molecule has 106 valence electrons. The molecule has 1 aliphatic rings. The second-order valence-corrected chi connectivity index (χ2v) is 4.28. The van der Waals surface area contributed by atoms with Gasteiger partial charge in [-0.25, -0.2) is 0 Å². The van der Waals surface area contributed by atoms with Crippen LogP contribution in [0, 0.1) is 5.92 Å². The largest absolute Gasteiger partial charge is 0.486 e. The SMILES string of the molecule is CNCC(C)C(=O)Nc1cccc2c1OCCO2.Cl. The maximum absolute atomic E-state index is 11.9. The molecule has 1 amide bonds. The van der Waals surface area contributed by atoms with Crippen LogP contribution in [0.3, 0.4) is 0 Å². The number of hydrogen-bond acceptors (Lipinski definition) is 4. The molecule has 0 saturated heterocycles. The van der Waals surface area contributed by atoms with Gasteiger partial charge in [-0.2, -0.15) is 0 Å². The first-order chi connectivity index (χ1) is 8.72. The Labute approximate surface area is 119 Å². The highest BCUT2D eigenvalue weighted by atomic mass is 35.5. The first kappa shape index (κ1) is 15.6. The van der Waals surface area contributed by atoms with E-state index in [0.717, 1.165) is 0 Å². The maximum atomic E-state index is 11.9. The van der Waals surface area contributed by atoms with E-state index in [0.29, 0.717) is 36.9 Å². The van der Waals surface area contributed by atoms with Crippen LogP contribution in [0.2, 0.25) is 0 Å². The van der Waals surface area contributed by atoms with Crippen LogP contribution in [0.15, 0.2) is 18.2 Å². The molecule has 0 bridgehead atoms. The van der Waals surface area contributed by atoms with Gasteiger partial charge < -0.3 is 20.1 Å². The Bertz CT molecular complexity index is 440. The molecule has 0 aliphatic carbocycles. The lowest BCUT2D eigenvalue weighted by Gasteiger charge is -2.21. The molecule has 1 aromatic rings. The van der Waals surface area contributed by atoms with E-state index >= 15 is 0 Å². The molecule has 0 radical (unpaired) electrons. The summed E-state index contributed by atoms with van der Waals surface area (Å²) in [5, 5.41) is 5.85. The summed E-state index contributed by atoms with van der Waals surface area (Å²) in [5.41, 5.74) is 0.667. The smallest absolute Gasteiger partial charge is 0.228 e. The molecule has 1 unspecified atom stereocenters. The number of rotatable bonds is 4. The zero-order valence-electron chi connectivity index (χ0n) is 11.1. The van der Waals surface area contributed by atoms with Crippen LogP contribution >= 0.6 is 12.4 Å². The zero-order chi connectivity index (χ0) is 13.0. The van der Waals surface area contributed by atoms with Crippen molar-refractivity contribution in [3.05, 3.63) is 18.2 Å². The van der Waals surface area contributed by atoms with E-state index in [2.05, 4.69) is 10.6 Å². The summed E-state index contributed by atoms with van der Waals surface area (Å²) in [6, 6.07) is 5.49. The number of benzene rings is 1. The van der Waals surface area contributed by atoms with Crippen molar-refractivity contribution in [2.45, 2.75) is 6.92 Å². The summed E-state index contributed by atoms with van der Waals surface area (Å²) >= 11 is 0. The van der Waals surface area contributed by atoms with E-state index in [1.165, 1.54) is 0 Å². The van der Waals surface area contributed by atoms with Crippen LogP contribution in [0.4, 0.5) is 5.69 Å². The van der Waals surface area contributed by atoms with Crippen molar-refractivity contribution < 1.29 is 14.3 Å². The summed E-state index contributed by atoms with van der Waals surface area (Å²) in [7, 11) is 1.82. The van der Waals surface area contributed by atoms with Crippen molar-refractivity contribution in [3.63, 3.8) is 0 Å². The summed E-state index contributed by atoms with van der Waals surface area (Å²) in [6.07, 6.45) is 0. The highest BCUT2D eigenvalue weighted by molar-refractivity contribution is 5.94. The first-order valence-electron chi connectivity index (χ1n) is 6.06. The topological polar surface area (TPSA) is 59.6 Å². The number of amides is 1. The van der Waals surface area contributed by atoms with Gasteiger partial charge in [0, 0.05) is 12.5 Å². The van der Waals surface area contributed by atoms with E-state index in [9.17, 15) is 4.79 Å². The standard InChI is InChI=1S/C13H18N2O3.ClH/c1-9(8-14-2)13(16)15-10-4-3-5-11-12(10)18-7-6-17-11;/h3-5,9,14H,6-8H2,1-2H3,(H,15,16);1H. The molecule has 1 atom stereocenters. The third-order valence-corrected chi connectivity index (χ3v) is 2.78. The fourth-order valence-electron chi connectivity index (χ4n) is 1.83. The maximum Gasteiger partial charge on any atom is 0.228 e. The fourth-order valence-corrected chi connectivity index (χ4v) is 1.83. The van der Waals surface area contributed by atoms with Crippen LogP contribution in [0.25, 0.3) is 0 Å². The third kappa shape index (κ3) is 3.75. The number of hydrogen-bond donors (Lipinski definition) is 2. The van der Waals surface area contributed by atoms with E-state index in [1.54, 1.807) is 0 Å². The Morgan fingerprint density at radius 3 is 2.84 bits per heavy atom. The monoisotopic (exact) mass is 286 g/mol. The normalized spacial score (nSPS) is 14.2. The number of fused-ring (bicyclic) bond motifs is 1. The summed E-state index contributed by atoms with van der Waals surface area (Å²) in [6.45, 7) is 3.56. The molecule has 1 aliphatic heterocycles. The van der Waals surface area contributed by atoms with Gasteiger partial charge in [-0.15, -0.1) is 12.4 Å². The van der Waals surface area contributed by atoms with E-state index in [4.69, 9.17) is 9.47 Å². The highest BCUT2D eigenvalue weighted by Gasteiger charge is 2.19. The Balaban J connectivity index is 0.00000180. The Morgan fingerprint density at radius 1 is 1.37 bits per heavy atom. The van der Waals surface area contributed by atoms with Crippen molar-refractivity contribution in [2.24, 2.45) is 5.92 Å². The molecule has 1 heterocycles. The van der Waals surface area contributed by atoms with Crippen molar-refractivity contribution in [3.8, 4) is 11.5 Å². The number of para-hydroxylation sites is 1. The van der Waals surface area contributed by atoms with Gasteiger partial charge in [-0.3, -0.25) is 4.79 Å². The Morgan fingerprint density at radius 2 is 2.11 bits per heavy atom. The fraction of sp³-hybridized carbons (Fsp3) is 0.462. The van der Waals surface area contributed by atoms with E-state index in [1.807, 2.05) is 32.2 Å². The summed E-state index contributed by atoms with van der Waals surface area (Å²) in [4.78, 5) is 11.9. The van der Waals surface area contributed by atoms with Crippen molar-refractivity contribution in [1.82, 2.24) is 5.32 Å². The third-order valence-electron chi connectivity index (χ3n) is 2.78. The Kier molecular flexibility index (Phi) is 5.92. The second kappa shape index (κ2) is 7.21. The summed E-state index contributed by atoms with van der Waals surface area (Å²) < 4.78 is 11.0.